The average molecular weight is 356 g/mol. The number of amides is 2. The van der Waals surface area contributed by atoms with Crippen LogP contribution in [0.25, 0.3) is 0 Å². The minimum Gasteiger partial charge on any atom is -0.322 e. The summed E-state index contributed by atoms with van der Waals surface area (Å²) in [4.78, 5) is 25.2. The third kappa shape index (κ3) is 3.75. The predicted molar refractivity (Wildman–Crippen MR) is 107 cm³/mol. The Bertz CT molecular complexity index is 996. The molecule has 4 nitrogen and oxygen atoms in total. The maximum Gasteiger partial charge on any atom is 0.257 e. The fourth-order valence-electron chi connectivity index (χ4n) is 3.42. The third-order valence-corrected chi connectivity index (χ3v) is 4.81. The first-order valence-electron chi connectivity index (χ1n) is 9.09. The third-order valence-electron chi connectivity index (χ3n) is 4.81. The topological polar surface area (TPSA) is 58.2 Å². The molecule has 0 aromatic heterocycles. The fraction of sp³-hybridized carbons (Fsp3) is 0.130. The van der Waals surface area contributed by atoms with Crippen LogP contribution in [0.15, 0.2) is 72.8 Å². The van der Waals surface area contributed by atoms with Gasteiger partial charge in [-0.25, -0.2) is 0 Å². The number of rotatable bonds is 4. The van der Waals surface area contributed by atoms with E-state index in [2.05, 4.69) is 16.7 Å². The summed E-state index contributed by atoms with van der Waals surface area (Å²) in [6.07, 6.45) is 3.34. The zero-order valence-electron chi connectivity index (χ0n) is 14.9. The highest BCUT2D eigenvalue weighted by atomic mass is 16.2. The first-order chi connectivity index (χ1) is 13.2. The number of carbonyl (C=O) groups excluding carboxylic acids is 2. The number of para-hydroxylation sites is 1. The molecule has 0 bridgehead atoms. The first-order valence-corrected chi connectivity index (χ1v) is 9.09. The van der Waals surface area contributed by atoms with Gasteiger partial charge in [-0.15, -0.1) is 0 Å². The molecule has 0 fully saturated rings. The monoisotopic (exact) mass is 356 g/mol. The van der Waals surface area contributed by atoms with E-state index in [9.17, 15) is 9.59 Å². The molecule has 0 unspecified atom stereocenters. The molecular formula is C23H20N2O2. The molecule has 1 aliphatic rings. The Morgan fingerprint density at radius 2 is 1.44 bits per heavy atom. The van der Waals surface area contributed by atoms with Crippen LogP contribution in [-0.4, -0.2) is 11.8 Å². The molecule has 0 aliphatic heterocycles. The van der Waals surface area contributed by atoms with Crippen molar-refractivity contribution in [2.45, 2.75) is 19.3 Å². The van der Waals surface area contributed by atoms with E-state index in [0.717, 1.165) is 18.5 Å². The molecule has 2 amide bonds. The van der Waals surface area contributed by atoms with E-state index >= 15 is 0 Å². The Kier molecular flexibility index (Phi) is 4.71. The number of hydrogen-bond donors (Lipinski definition) is 2. The summed E-state index contributed by atoms with van der Waals surface area (Å²) in [7, 11) is 0. The van der Waals surface area contributed by atoms with Gasteiger partial charge in [0.2, 0.25) is 0 Å². The Labute approximate surface area is 158 Å². The molecule has 27 heavy (non-hydrogen) atoms. The van der Waals surface area contributed by atoms with Crippen molar-refractivity contribution in [3.05, 3.63) is 95.1 Å². The molecule has 0 saturated heterocycles. The molecule has 2 N–H and O–H groups in total. The smallest absolute Gasteiger partial charge is 0.257 e. The van der Waals surface area contributed by atoms with E-state index < -0.39 is 0 Å². The zero-order chi connectivity index (χ0) is 18.6. The van der Waals surface area contributed by atoms with Crippen molar-refractivity contribution >= 4 is 23.2 Å². The molecular weight excluding hydrogens is 336 g/mol. The lowest BCUT2D eigenvalue weighted by atomic mass is 10.1. The summed E-state index contributed by atoms with van der Waals surface area (Å²) in [6.45, 7) is 0. The van der Waals surface area contributed by atoms with Gasteiger partial charge in [-0.1, -0.05) is 36.4 Å². The highest BCUT2D eigenvalue weighted by Crippen LogP contribution is 2.26. The minimum atomic E-state index is -0.242. The molecule has 4 heteroatoms. The van der Waals surface area contributed by atoms with Gasteiger partial charge in [0.25, 0.3) is 11.8 Å². The molecule has 1 aliphatic carbocycles. The van der Waals surface area contributed by atoms with Gasteiger partial charge in [-0.2, -0.15) is 0 Å². The van der Waals surface area contributed by atoms with Crippen LogP contribution in [0.1, 0.15) is 38.3 Å². The van der Waals surface area contributed by atoms with Crippen molar-refractivity contribution in [3.8, 4) is 0 Å². The summed E-state index contributed by atoms with van der Waals surface area (Å²) in [5, 5.41) is 5.79. The van der Waals surface area contributed by atoms with Gasteiger partial charge in [-0.3, -0.25) is 9.59 Å². The Morgan fingerprint density at radius 3 is 2.30 bits per heavy atom. The highest BCUT2D eigenvalue weighted by molar-refractivity contribution is 6.12. The molecule has 4 rings (SSSR count). The predicted octanol–water partition coefficient (Wildman–Crippen LogP) is 4.68. The van der Waals surface area contributed by atoms with Gasteiger partial charge in [0, 0.05) is 11.3 Å². The van der Waals surface area contributed by atoms with E-state index in [1.165, 1.54) is 17.5 Å². The van der Waals surface area contributed by atoms with Crippen LogP contribution in [0.3, 0.4) is 0 Å². The number of anilines is 2. The summed E-state index contributed by atoms with van der Waals surface area (Å²) in [6, 6.07) is 22.0. The first kappa shape index (κ1) is 17.0. The van der Waals surface area contributed by atoms with Gasteiger partial charge in [0.05, 0.1) is 11.3 Å². The molecule has 0 heterocycles. The van der Waals surface area contributed by atoms with Crippen LogP contribution >= 0.6 is 0 Å². The second kappa shape index (κ2) is 7.46. The van der Waals surface area contributed by atoms with Crippen molar-refractivity contribution in [2.24, 2.45) is 0 Å². The van der Waals surface area contributed by atoms with E-state index in [-0.39, 0.29) is 11.8 Å². The average Bonchev–Trinajstić information content (AvgIpc) is 3.17. The lowest BCUT2D eigenvalue weighted by Crippen LogP contribution is -2.18. The van der Waals surface area contributed by atoms with Gasteiger partial charge >= 0.3 is 0 Å². The van der Waals surface area contributed by atoms with Crippen molar-refractivity contribution in [2.75, 3.05) is 10.6 Å². The maximum atomic E-state index is 12.8. The van der Waals surface area contributed by atoms with Gasteiger partial charge in [0.1, 0.15) is 0 Å². The van der Waals surface area contributed by atoms with Crippen LogP contribution in [-0.2, 0) is 12.8 Å². The zero-order valence-corrected chi connectivity index (χ0v) is 14.9. The number of nitrogens with one attached hydrogen (secondary N) is 2. The van der Waals surface area contributed by atoms with Crippen LogP contribution in [0.2, 0.25) is 0 Å². The Balaban J connectivity index is 1.53. The summed E-state index contributed by atoms with van der Waals surface area (Å²) in [5.74, 6) is -0.481. The van der Waals surface area contributed by atoms with Crippen molar-refractivity contribution < 1.29 is 9.59 Å². The van der Waals surface area contributed by atoms with E-state index in [0.29, 0.717) is 16.8 Å². The second-order valence-corrected chi connectivity index (χ2v) is 6.66. The lowest BCUT2D eigenvalue weighted by molar-refractivity contribution is 0.102. The number of aryl methyl sites for hydroxylation is 2. The lowest BCUT2D eigenvalue weighted by Gasteiger charge is -2.12. The number of fused-ring (bicyclic) bond motifs is 1. The maximum absolute atomic E-state index is 12.8. The molecule has 3 aromatic carbocycles. The number of benzene rings is 3. The molecule has 3 aromatic rings. The van der Waals surface area contributed by atoms with Crippen molar-refractivity contribution in [1.82, 2.24) is 0 Å². The number of hydrogen-bond acceptors (Lipinski definition) is 2. The SMILES string of the molecule is O=C(Nc1ccccc1C(=O)Nc1ccc2c(c1)CCC2)c1ccccc1. The summed E-state index contributed by atoms with van der Waals surface area (Å²) in [5.41, 5.74) is 4.92. The van der Waals surface area contributed by atoms with Crippen LogP contribution in [0.5, 0.6) is 0 Å². The van der Waals surface area contributed by atoms with Gasteiger partial charge in [-0.05, 0) is 66.8 Å². The van der Waals surface area contributed by atoms with E-state index in [1.54, 1.807) is 48.5 Å². The molecule has 0 spiro atoms. The van der Waals surface area contributed by atoms with Crippen LogP contribution in [0.4, 0.5) is 11.4 Å². The van der Waals surface area contributed by atoms with Crippen LogP contribution < -0.4 is 10.6 Å². The van der Waals surface area contributed by atoms with Gasteiger partial charge in [0.15, 0.2) is 0 Å². The second-order valence-electron chi connectivity index (χ2n) is 6.66. The quantitative estimate of drug-likeness (QED) is 0.713. The molecule has 0 atom stereocenters. The Hall–Kier alpha value is -3.40. The van der Waals surface area contributed by atoms with Crippen molar-refractivity contribution in [3.63, 3.8) is 0 Å². The normalized spacial score (nSPS) is 12.3. The standard InChI is InChI=1S/C23H20N2O2/c26-22(17-7-2-1-3-8-17)25-21-12-5-4-11-20(21)23(27)24-19-14-13-16-9-6-10-18(16)15-19/h1-5,7-8,11-15H,6,9-10H2,(H,24,27)(H,25,26). The minimum absolute atomic E-state index is 0.239. The van der Waals surface area contributed by atoms with E-state index in [4.69, 9.17) is 0 Å². The fourth-order valence-corrected chi connectivity index (χ4v) is 3.42. The van der Waals surface area contributed by atoms with Crippen LogP contribution in [0, 0.1) is 0 Å². The molecule has 0 radical (unpaired) electrons. The largest absolute Gasteiger partial charge is 0.322 e. The highest BCUT2D eigenvalue weighted by Gasteiger charge is 2.16. The molecule has 0 saturated carbocycles. The summed E-state index contributed by atoms with van der Waals surface area (Å²) < 4.78 is 0. The van der Waals surface area contributed by atoms with Gasteiger partial charge < -0.3 is 10.6 Å². The van der Waals surface area contributed by atoms with Crippen molar-refractivity contribution in [1.29, 1.82) is 0 Å². The molecule has 134 valence electrons. The summed E-state index contributed by atoms with van der Waals surface area (Å²) >= 11 is 0. The van der Waals surface area contributed by atoms with E-state index in [1.807, 2.05) is 18.2 Å². The number of carbonyl (C=O) groups is 2. The Morgan fingerprint density at radius 1 is 0.704 bits per heavy atom.